The lowest BCUT2D eigenvalue weighted by Crippen LogP contribution is -2.22. The molecule has 0 bridgehead atoms. The third-order valence-electron chi connectivity index (χ3n) is 3.42. The number of nitrogens with zero attached hydrogens (tertiary/aromatic N) is 2. The molecule has 5 nitrogen and oxygen atoms in total. The van der Waals surface area contributed by atoms with Crippen LogP contribution in [0.1, 0.15) is 21.6 Å². The molecule has 2 aromatic rings. The van der Waals surface area contributed by atoms with Gasteiger partial charge in [0.1, 0.15) is 17.4 Å². The highest BCUT2D eigenvalue weighted by atomic mass is 16.5. The lowest BCUT2D eigenvalue weighted by molar-refractivity contribution is 0.0695. The van der Waals surface area contributed by atoms with E-state index in [-0.39, 0.29) is 11.7 Å². The maximum absolute atomic E-state index is 11.0. The number of aromatic nitrogens is 2. The number of para-hydroxylation sites is 1. The summed E-state index contributed by atoms with van der Waals surface area (Å²) in [6.45, 7) is 2.33. The van der Waals surface area contributed by atoms with E-state index in [2.05, 4.69) is 5.10 Å². The predicted molar refractivity (Wildman–Crippen MR) is 68.5 cm³/mol. The Labute approximate surface area is 110 Å². The van der Waals surface area contributed by atoms with Crippen molar-refractivity contribution in [1.29, 1.82) is 0 Å². The summed E-state index contributed by atoms with van der Waals surface area (Å²) in [7, 11) is 0. The van der Waals surface area contributed by atoms with E-state index in [1.54, 1.807) is 11.6 Å². The van der Waals surface area contributed by atoms with Crippen LogP contribution in [0.4, 0.5) is 0 Å². The molecule has 98 valence electrons. The van der Waals surface area contributed by atoms with Crippen LogP contribution in [-0.4, -0.2) is 27.0 Å². The first-order chi connectivity index (χ1) is 9.15. The van der Waals surface area contributed by atoms with Gasteiger partial charge in [-0.05, 0) is 18.6 Å². The summed E-state index contributed by atoms with van der Waals surface area (Å²) >= 11 is 0. The molecule has 0 saturated carbocycles. The largest absolute Gasteiger partial charge is 0.488 e. The Morgan fingerprint density at radius 2 is 2.32 bits per heavy atom. The van der Waals surface area contributed by atoms with Gasteiger partial charge in [-0.1, -0.05) is 18.2 Å². The Kier molecular flexibility index (Phi) is 2.74. The highest BCUT2D eigenvalue weighted by Gasteiger charge is 2.24. The van der Waals surface area contributed by atoms with Crippen LogP contribution in [0.25, 0.3) is 0 Å². The quantitative estimate of drug-likeness (QED) is 0.913. The van der Waals surface area contributed by atoms with E-state index >= 15 is 0 Å². The minimum absolute atomic E-state index is 0.0117. The van der Waals surface area contributed by atoms with Gasteiger partial charge < -0.3 is 9.84 Å². The summed E-state index contributed by atoms with van der Waals surface area (Å²) in [6, 6.07) is 7.94. The minimum Gasteiger partial charge on any atom is -0.488 e. The molecule has 1 unspecified atom stereocenters. The summed E-state index contributed by atoms with van der Waals surface area (Å²) in [4.78, 5) is 11.0. The van der Waals surface area contributed by atoms with Gasteiger partial charge in [0, 0.05) is 12.1 Å². The number of rotatable bonds is 3. The van der Waals surface area contributed by atoms with Gasteiger partial charge in [0.25, 0.3) is 0 Å². The van der Waals surface area contributed by atoms with Crippen molar-refractivity contribution in [3.8, 4) is 5.75 Å². The van der Waals surface area contributed by atoms with E-state index in [1.165, 1.54) is 11.8 Å². The van der Waals surface area contributed by atoms with Crippen LogP contribution in [0.2, 0.25) is 0 Å². The second kappa shape index (κ2) is 4.42. The minimum atomic E-state index is -0.945. The number of hydrogen-bond acceptors (Lipinski definition) is 3. The molecule has 19 heavy (non-hydrogen) atoms. The van der Waals surface area contributed by atoms with E-state index < -0.39 is 5.97 Å². The van der Waals surface area contributed by atoms with E-state index in [1.807, 2.05) is 24.3 Å². The summed E-state index contributed by atoms with van der Waals surface area (Å²) in [5.74, 6) is -0.0323. The van der Waals surface area contributed by atoms with Crippen molar-refractivity contribution in [2.75, 3.05) is 0 Å². The molecule has 0 radical (unpaired) electrons. The van der Waals surface area contributed by atoms with Crippen molar-refractivity contribution in [2.24, 2.45) is 0 Å². The van der Waals surface area contributed by atoms with Gasteiger partial charge in [-0.25, -0.2) is 4.79 Å². The maximum atomic E-state index is 11.0. The molecule has 2 heterocycles. The van der Waals surface area contributed by atoms with Gasteiger partial charge in [-0.3, -0.25) is 4.68 Å². The molecule has 0 aliphatic carbocycles. The lowest BCUT2D eigenvalue weighted by atomic mass is 10.1. The monoisotopic (exact) mass is 258 g/mol. The molecule has 1 aromatic heterocycles. The molecule has 1 N–H and O–H groups in total. The number of ether oxygens (including phenoxy) is 1. The van der Waals surface area contributed by atoms with Gasteiger partial charge in [-0.15, -0.1) is 0 Å². The average molecular weight is 258 g/mol. The number of aromatic carboxylic acids is 1. The summed E-state index contributed by atoms with van der Waals surface area (Å²) < 4.78 is 7.52. The standard InChI is InChI=1S/C14H14N2O3/c1-9-12(14(17)18)7-15-16(9)8-11-6-10-4-2-3-5-13(10)19-11/h2-5,7,11H,6,8H2,1H3,(H,17,18). The average Bonchev–Trinajstić information content (AvgIpc) is 2.94. The second-order valence-electron chi connectivity index (χ2n) is 4.68. The zero-order valence-electron chi connectivity index (χ0n) is 10.5. The summed E-state index contributed by atoms with van der Waals surface area (Å²) in [6.07, 6.45) is 2.23. The SMILES string of the molecule is Cc1c(C(=O)O)cnn1CC1Cc2ccccc2O1. The number of carbonyl (C=O) groups is 1. The van der Waals surface area contributed by atoms with Crippen molar-refractivity contribution in [3.05, 3.63) is 47.3 Å². The fourth-order valence-corrected chi connectivity index (χ4v) is 2.39. The first kappa shape index (κ1) is 11.8. The third kappa shape index (κ3) is 2.07. The smallest absolute Gasteiger partial charge is 0.339 e. The number of carboxylic acids is 1. The van der Waals surface area contributed by atoms with Gasteiger partial charge in [-0.2, -0.15) is 5.10 Å². The van der Waals surface area contributed by atoms with Crippen molar-refractivity contribution >= 4 is 5.97 Å². The van der Waals surface area contributed by atoms with Crippen LogP contribution in [-0.2, 0) is 13.0 Å². The van der Waals surface area contributed by atoms with E-state index in [9.17, 15) is 4.79 Å². The molecule has 0 spiro atoms. The molecular weight excluding hydrogens is 244 g/mol. The predicted octanol–water partition coefficient (Wildman–Crippen LogP) is 1.89. The Bertz CT molecular complexity index is 608. The van der Waals surface area contributed by atoms with Crippen LogP contribution < -0.4 is 4.74 Å². The van der Waals surface area contributed by atoms with Gasteiger partial charge in [0.2, 0.25) is 0 Å². The zero-order chi connectivity index (χ0) is 13.4. The molecule has 1 atom stereocenters. The zero-order valence-corrected chi connectivity index (χ0v) is 10.5. The Balaban J connectivity index is 1.76. The summed E-state index contributed by atoms with van der Waals surface area (Å²) in [5, 5.41) is 13.1. The van der Waals surface area contributed by atoms with Gasteiger partial charge >= 0.3 is 5.97 Å². The second-order valence-corrected chi connectivity index (χ2v) is 4.68. The van der Waals surface area contributed by atoms with Crippen LogP contribution in [0.3, 0.4) is 0 Å². The Morgan fingerprint density at radius 3 is 3.00 bits per heavy atom. The number of carboxylic acid groups (broad SMARTS) is 1. The third-order valence-corrected chi connectivity index (χ3v) is 3.42. The number of fused-ring (bicyclic) bond motifs is 1. The molecule has 0 saturated heterocycles. The maximum Gasteiger partial charge on any atom is 0.339 e. The molecule has 0 amide bonds. The first-order valence-electron chi connectivity index (χ1n) is 6.15. The lowest BCUT2D eigenvalue weighted by Gasteiger charge is -2.12. The highest BCUT2D eigenvalue weighted by molar-refractivity contribution is 5.88. The van der Waals surface area contributed by atoms with Crippen molar-refractivity contribution in [2.45, 2.75) is 26.0 Å². The molecule has 0 fully saturated rings. The fourth-order valence-electron chi connectivity index (χ4n) is 2.39. The Morgan fingerprint density at radius 1 is 1.53 bits per heavy atom. The molecule has 1 aliphatic heterocycles. The molecule has 1 aromatic carbocycles. The Hall–Kier alpha value is -2.30. The van der Waals surface area contributed by atoms with Crippen molar-refractivity contribution in [3.63, 3.8) is 0 Å². The van der Waals surface area contributed by atoms with Crippen LogP contribution >= 0.6 is 0 Å². The molecule has 3 rings (SSSR count). The molecule has 1 aliphatic rings. The molecular formula is C14H14N2O3. The normalized spacial score (nSPS) is 17.0. The van der Waals surface area contributed by atoms with Crippen LogP contribution in [0.15, 0.2) is 30.5 Å². The van der Waals surface area contributed by atoms with Gasteiger partial charge in [0.15, 0.2) is 0 Å². The first-order valence-corrected chi connectivity index (χ1v) is 6.15. The van der Waals surface area contributed by atoms with E-state index in [0.29, 0.717) is 12.2 Å². The van der Waals surface area contributed by atoms with E-state index in [0.717, 1.165) is 12.2 Å². The number of hydrogen-bond donors (Lipinski definition) is 1. The number of benzene rings is 1. The molecule has 5 heteroatoms. The van der Waals surface area contributed by atoms with E-state index in [4.69, 9.17) is 9.84 Å². The highest BCUT2D eigenvalue weighted by Crippen LogP contribution is 2.28. The van der Waals surface area contributed by atoms with Gasteiger partial charge in [0.05, 0.1) is 12.7 Å². The summed E-state index contributed by atoms with van der Waals surface area (Å²) in [5.41, 5.74) is 2.10. The van der Waals surface area contributed by atoms with Crippen LogP contribution in [0.5, 0.6) is 5.75 Å². The van der Waals surface area contributed by atoms with Crippen molar-refractivity contribution < 1.29 is 14.6 Å². The van der Waals surface area contributed by atoms with Crippen LogP contribution in [0, 0.1) is 6.92 Å². The topological polar surface area (TPSA) is 64.3 Å². The fraction of sp³-hybridized carbons (Fsp3) is 0.286. The van der Waals surface area contributed by atoms with Crippen molar-refractivity contribution in [1.82, 2.24) is 9.78 Å².